The first-order valence-electron chi connectivity index (χ1n) is 22.9. The number of anilines is 1. The maximum absolute atomic E-state index is 13.0. The highest BCUT2D eigenvalue weighted by Crippen LogP contribution is 2.54. The number of hydrogen-bond donors (Lipinski definition) is 5. The largest absolute Gasteiger partial charge is 0.383 e. The summed E-state index contributed by atoms with van der Waals surface area (Å²) in [4.78, 5) is 29.2. The van der Waals surface area contributed by atoms with Crippen molar-refractivity contribution in [1.29, 1.82) is 0 Å². The van der Waals surface area contributed by atoms with E-state index in [0.29, 0.717) is 63.7 Å². The van der Waals surface area contributed by atoms with Crippen LogP contribution in [0.1, 0.15) is 77.3 Å². The third-order valence-electron chi connectivity index (χ3n) is 13.5. The molecule has 3 aliphatic heterocycles. The number of benzene rings is 4. The molecule has 0 radical (unpaired) electrons. The standard InChI is InChI=1S/C48H53N3O19S5/c1-29(11-18-42-48(5,20-8-24-71(54,55)56)46-36-26-32(73(60,61)62)28-40(75(66,67)68)34(36)14-16-38(46)50(42)22-23-69-6)10-17-41-47(3,4)45-35-25-31(72(57,58)59)27-39(74(63,64)65)33(35)13-15-37(45)49(41)21-7-9-44(53)70-51-30(2)12-19-43(51)52/h10-11,13-18,25-28H,2,7-9,12,19-24H2,1,3-6H3,(H4-,54,55,56,57,58,59,60,61,62,63,64,65,66,67,68)/p+1. The number of carbonyl (C=O) groups excluding carboxylic acids is 2. The number of hydrogen-bond acceptors (Lipinski definition) is 15. The molecule has 0 saturated carbocycles. The first kappa shape index (κ1) is 57.0. The van der Waals surface area contributed by atoms with Crippen LogP contribution < -0.4 is 4.90 Å². The number of hydroxylamine groups is 2. The Balaban J connectivity index is 1.38. The number of carbonyl (C=O) groups is 2. The molecule has 0 bridgehead atoms. The maximum Gasteiger partial charge on any atom is 0.333 e. The second-order valence-electron chi connectivity index (χ2n) is 19.0. The summed E-state index contributed by atoms with van der Waals surface area (Å²) in [6, 6.07) is 9.24. The molecule has 5 N–H and O–H groups in total. The Morgan fingerprint density at radius 1 is 0.773 bits per heavy atom. The minimum absolute atomic E-state index is 0.0151. The lowest BCUT2D eigenvalue weighted by Crippen LogP contribution is -2.31. The van der Waals surface area contributed by atoms with Crippen molar-refractivity contribution in [3.8, 4) is 0 Å². The third-order valence-corrected chi connectivity index (χ3v) is 17.8. The molecule has 3 aliphatic rings. The van der Waals surface area contributed by atoms with Crippen LogP contribution in [0.15, 0.2) is 116 Å². The quantitative estimate of drug-likeness (QED) is 0.0396. The lowest BCUT2D eigenvalue weighted by Gasteiger charge is -2.31. The first-order chi connectivity index (χ1) is 34.6. The number of rotatable bonds is 19. The van der Waals surface area contributed by atoms with E-state index in [2.05, 4.69) is 6.58 Å². The van der Waals surface area contributed by atoms with Gasteiger partial charge in [-0.3, -0.25) is 27.6 Å². The van der Waals surface area contributed by atoms with Gasteiger partial charge in [0.05, 0.1) is 39.7 Å². The molecule has 1 fully saturated rings. The summed E-state index contributed by atoms with van der Waals surface area (Å²) in [6.45, 7) is 11.1. The van der Waals surface area contributed by atoms with Crippen LogP contribution in [-0.4, -0.2) is 125 Å². The molecule has 1 atom stereocenters. The van der Waals surface area contributed by atoms with Gasteiger partial charge < -0.3 is 14.5 Å². The Bertz CT molecular complexity index is 3830. The average molecular weight is 1140 g/mol. The molecule has 7 rings (SSSR count). The lowest BCUT2D eigenvalue weighted by molar-refractivity contribution is -0.438. The van der Waals surface area contributed by atoms with Crippen LogP contribution in [0.5, 0.6) is 0 Å². The molecule has 3 heterocycles. The predicted octanol–water partition coefficient (Wildman–Crippen LogP) is 6.21. The van der Waals surface area contributed by atoms with Gasteiger partial charge in [-0.05, 0) is 106 Å². The van der Waals surface area contributed by atoms with E-state index >= 15 is 0 Å². The predicted molar refractivity (Wildman–Crippen MR) is 274 cm³/mol. The van der Waals surface area contributed by atoms with Gasteiger partial charge in [0.15, 0.2) is 5.71 Å². The zero-order valence-electron chi connectivity index (χ0n) is 41.0. The van der Waals surface area contributed by atoms with Crippen LogP contribution in [0.4, 0.5) is 11.4 Å². The van der Waals surface area contributed by atoms with Crippen LogP contribution in [0.25, 0.3) is 21.5 Å². The Kier molecular flexibility index (Phi) is 15.5. The average Bonchev–Trinajstić information content (AvgIpc) is 3.82. The highest BCUT2D eigenvalue weighted by molar-refractivity contribution is 7.87. The van der Waals surface area contributed by atoms with Gasteiger partial charge in [0, 0.05) is 71.8 Å². The van der Waals surface area contributed by atoms with Crippen LogP contribution in [0, 0.1) is 0 Å². The monoisotopic (exact) mass is 1140 g/mol. The van der Waals surface area contributed by atoms with Crippen molar-refractivity contribution in [2.45, 2.75) is 96.6 Å². The summed E-state index contributed by atoms with van der Waals surface area (Å²) in [6.07, 6.45) is 7.03. The maximum atomic E-state index is 13.0. The zero-order chi connectivity index (χ0) is 55.6. The van der Waals surface area contributed by atoms with Crippen molar-refractivity contribution in [2.75, 3.05) is 37.5 Å². The van der Waals surface area contributed by atoms with E-state index in [4.69, 9.17) is 9.57 Å². The van der Waals surface area contributed by atoms with E-state index in [9.17, 15) is 74.4 Å². The van der Waals surface area contributed by atoms with Gasteiger partial charge in [0.2, 0.25) is 5.69 Å². The fraction of sp³-hybridized carbons (Fsp3) is 0.354. The highest BCUT2D eigenvalue weighted by Gasteiger charge is 2.47. The number of methoxy groups -OCH3 is 1. The number of fused-ring (bicyclic) bond motifs is 6. The molecule has 75 heavy (non-hydrogen) atoms. The van der Waals surface area contributed by atoms with E-state index < -0.39 is 98.6 Å². The normalized spacial score (nSPS) is 19.1. The summed E-state index contributed by atoms with van der Waals surface area (Å²) in [5.74, 6) is -1.85. The van der Waals surface area contributed by atoms with Crippen molar-refractivity contribution in [1.82, 2.24) is 5.06 Å². The van der Waals surface area contributed by atoms with E-state index in [0.717, 1.165) is 17.2 Å². The SMILES string of the molecule is C=C1CCC(=O)N1OC(=O)CCC[N+]1=C(C=CC(C)=CC=C2N(CCOC)c3ccc4c(S(=O)(=O)O)cc(S(=O)(=O)O)cc4c3C2(C)CCCS(=O)(=O)O)C(C)(C)c2c1ccc1c(S(=O)(=O)O)cc(S(=O)(=O)O)cc21. The summed E-state index contributed by atoms with van der Waals surface area (Å²) < 4.78 is 183. The Labute approximate surface area is 434 Å². The van der Waals surface area contributed by atoms with Gasteiger partial charge in [-0.25, -0.2) is 4.79 Å². The smallest absolute Gasteiger partial charge is 0.333 e. The molecule has 0 spiro atoms. The van der Waals surface area contributed by atoms with Gasteiger partial charge in [0.25, 0.3) is 56.5 Å². The molecule has 1 saturated heterocycles. The van der Waals surface area contributed by atoms with Crippen molar-refractivity contribution < 1.29 is 88.6 Å². The van der Waals surface area contributed by atoms with Crippen molar-refractivity contribution in [3.63, 3.8) is 0 Å². The van der Waals surface area contributed by atoms with Crippen molar-refractivity contribution in [3.05, 3.63) is 108 Å². The summed E-state index contributed by atoms with van der Waals surface area (Å²) in [5, 5.41) is 0.724. The van der Waals surface area contributed by atoms with E-state index in [1.54, 1.807) is 69.0 Å². The lowest BCUT2D eigenvalue weighted by atomic mass is 9.75. The van der Waals surface area contributed by atoms with Gasteiger partial charge in [-0.1, -0.05) is 30.4 Å². The molecule has 1 unspecified atom stereocenters. The number of ether oxygens (including phenoxy) is 1. The molecule has 22 nitrogen and oxygen atoms in total. The second-order valence-corrected chi connectivity index (χ2v) is 26.2. The second kappa shape index (κ2) is 20.3. The third kappa shape index (κ3) is 11.5. The molecule has 0 aliphatic carbocycles. The number of allylic oxidation sites excluding steroid dienone is 7. The van der Waals surface area contributed by atoms with Gasteiger partial charge >= 0.3 is 5.97 Å². The first-order valence-corrected chi connectivity index (χ1v) is 30.2. The van der Waals surface area contributed by atoms with Crippen LogP contribution in [-0.2, 0) is 80.6 Å². The van der Waals surface area contributed by atoms with Crippen molar-refractivity contribution in [2.24, 2.45) is 0 Å². The molecule has 27 heteroatoms. The van der Waals surface area contributed by atoms with Crippen LogP contribution >= 0.6 is 0 Å². The zero-order valence-corrected chi connectivity index (χ0v) is 45.1. The van der Waals surface area contributed by atoms with E-state index in [1.165, 1.54) is 19.2 Å². The fourth-order valence-corrected chi connectivity index (χ4v) is 13.3. The molecule has 404 valence electrons. The Morgan fingerprint density at radius 2 is 1.35 bits per heavy atom. The van der Waals surface area contributed by atoms with Gasteiger partial charge in [0.1, 0.15) is 16.3 Å². The van der Waals surface area contributed by atoms with Crippen LogP contribution in [0.3, 0.4) is 0 Å². The molecule has 4 aromatic rings. The summed E-state index contributed by atoms with van der Waals surface area (Å²) in [7, 11) is -23.4. The summed E-state index contributed by atoms with van der Waals surface area (Å²) >= 11 is 0. The Hall–Kier alpha value is -5.72. The van der Waals surface area contributed by atoms with Crippen LogP contribution in [0.2, 0.25) is 0 Å². The molecule has 4 aromatic carbocycles. The fourth-order valence-electron chi connectivity index (χ4n) is 10.1. The molecular weight excluding hydrogens is 1080 g/mol. The van der Waals surface area contributed by atoms with E-state index in [-0.39, 0.29) is 73.3 Å². The minimum atomic E-state index is -5.12. The Morgan fingerprint density at radius 3 is 1.87 bits per heavy atom. The van der Waals surface area contributed by atoms with Crippen molar-refractivity contribution >= 4 is 101 Å². The summed E-state index contributed by atoms with van der Waals surface area (Å²) in [5.41, 5.74) is 0.989. The minimum Gasteiger partial charge on any atom is -0.383 e. The van der Waals surface area contributed by atoms with Gasteiger partial charge in [-0.2, -0.15) is 46.7 Å². The molecule has 1 amide bonds. The number of amides is 1. The molecule has 0 aromatic heterocycles. The molecular formula is C48H54N3O19S5+. The van der Waals surface area contributed by atoms with E-state index in [1.807, 2.05) is 4.58 Å². The van der Waals surface area contributed by atoms with Gasteiger partial charge in [-0.15, -0.1) is 5.06 Å². The number of nitrogens with zero attached hydrogens (tertiary/aromatic N) is 3. The highest BCUT2D eigenvalue weighted by atomic mass is 32.2. The topological polar surface area (TPSA) is 334 Å².